The Bertz CT molecular complexity index is 1300. The van der Waals surface area contributed by atoms with Crippen LogP contribution in [0.2, 0.25) is 0 Å². The molecule has 154 valence electrons. The molecular formula is C22H14N2O6S. The first-order valence-electron chi connectivity index (χ1n) is 9.31. The average molecular weight is 434 g/mol. The zero-order chi connectivity index (χ0) is 21.5. The number of thioether (sulfide) groups is 1. The van der Waals surface area contributed by atoms with E-state index in [1.54, 1.807) is 0 Å². The van der Waals surface area contributed by atoms with Crippen LogP contribution in [0.25, 0.3) is 16.8 Å². The Morgan fingerprint density at radius 2 is 1.81 bits per heavy atom. The van der Waals surface area contributed by atoms with Gasteiger partial charge >= 0.3 is 0 Å². The molecule has 3 aromatic rings. The van der Waals surface area contributed by atoms with Crippen molar-refractivity contribution in [3.05, 3.63) is 80.7 Å². The standard InChI is InChI=1S/C22H14N2O6S/c25-21-20(9-15-8-18-19(30-12-29-18)10-17(15)24(27)28)31-22(26)23(21)11-14-6-3-5-13-4-1-2-7-16(13)14/h1-10H,11-12H2/b20-9-. The van der Waals surface area contributed by atoms with E-state index in [0.717, 1.165) is 33.0 Å². The molecule has 31 heavy (non-hydrogen) atoms. The minimum absolute atomic E-state index is 0.0303. The molecular weight excluding hydrogens is 420 g/mol. The highest BCUT2D eigenvalue weighted by Crippen LogP contribution is 2.41. The van der Waals surface area contributed by atoms with Crippen molar-refractivity contribution in [1.29, 1.82) is 0 Å². The molecule has 8 nitrogen and oxygen atoms in total. The summed E-state index contributed by atoms with van der Waals surface area (Å²) in [5.41, 5.74) is 0.783. The molecule has 0 saturated carbocycles. The Kier molecular flexibility index (Phi) is 4.59. The normalized spacial score (nSPS) is 16.5. The van der Waals surface area contributed by atoms with E-state index in [-0.39, 0.29) is 35.2 Å². The summed E-state index contributed by atoms with van der Waals surface area (Å²) < 4.78 is 10.5. The summed E-state index contributed by atoms with van der Waals surface area (Å²) in [6, 6.07) is 16.1. The number of rotatable bonds is 4. The quantitative estimate of drug-likeness (QED) is 0.333. The number of amides is 2. The van der Waals surface area contributed by atoms with Crippen LogP contribution in [0.5, 0.6) is 11.5 Å². The van der Waals surface area contributed by atoms with Crippen LogP contribution in [0, 0.1) is 10.1 Å². The minimum atomic E-state index is -0.561. The van der Waals surface area contributed by atoms with Crippen molar-refractivity contribution in [2.45, 2.75) is 6.54 Å². The summed E-state index contributed by atoms with van der Waals surface area (Å²) >= 11 is 0.759. The van der Waals surface area contributed by atoms with Gasteiger partial charge in [0.1, 0.15) is 0 Å². The number of fused-ring (bicyclic) bond motifs is 2. The molecule has 0 atom stereocenters. The van der Waals surface area contributed by atoms with Crippen LogP contribution in [0.3, 0.4) is 0 Å². The summed E-state index contributed by atoms with van der Waals surface area (Å²) in [7, 11) is 0. The number of imide groups is 1. The predicted octanol–water partition coefficient (Wildman–Crippen LogP) is 4.71. The zero-order valence-corrected chi connectivity index (χ0v) is 16.8. The summed E-state index contributed by atoms with van der Waals surface area (Å²) in [4.78, 5) is 37.7. The van der Waals surface area contributed by atoms with E-state index in [2.05, 4.69) is 0 Å². The van der Waals surface area contributed by atoms with Crippen molar-refractivity contribution in [2.24, 2.45) is 0 Å². The second kappa shape index (κ2) is 7.44. The largest absolute Gasteiger partial charge is 0.454 e. The van der Waals surface area contributed by atoms with Gasteiger partial charge in [-0.25, -0.2) is 0 Å². The topological polar surface area (TPSA) is 99.0 Å². The van der Waals surface area contributed by atoms with E-state index >= 15 is 0 Å². The molecule has 0 bridgehead atoms. The van der Waals surface area contributed by atoms with E-state index in [9.17, 15) is 19.7 Å². The number of hydrogen-bond acceptors (Lipinski definition) is 7. The molecule has 2 aliphatic rings. The number of ether oxygens (including phenoxy) is 2. The molecule has 2 heterocycles. The molecule has 1 fully saturated rings. The van der Waals surface area contributed by atoms with Gasteiger partial charge in [-0.3, -0.25) is 24.6 Å². The molecule has 5 rings (SSSR count). The van der Waals surface area contributed by atoms with Gasteiger partial charge in [0.15, 0.2) is 11.5 Å². The third-order valence-corrected chi connectivity index (χ3v) is 5.99. The first kappa shape index (κ1) is 19.1. The fourth-order valence-corrected chi connectivity index (χ4v) is 4.43. The molecule has 9 heteroatoms. The van der Waals surface area contributed by atoms with Gasteiger partial charge in [-0.1, -0.05) is 42.5 Å². The second-order valence-corrected chi connectivity index (χ2v) is 7.92. The zero-order valence-electron chi connectivity index (χ0n) is 15.9. The number of nitro benzene ring substituents is 1. The van der Waals surface area contributed by atoms with Crippen molar-refractivity contribution in [2.75, 3.05) is 6.79 Å². The number of carbonyl (C=O) groups is 2. The Morgan fingerprint density at radius 3 is 2.61 bits per heavy atom. The molecule has 1 saturated heterocycles. The van der Waals surface area contributed by atoms with Gasteiger partial charge in [0.05, 0.1) is 28.0 Å². The first-order chi connectivity index (χ1) is 15.0. The van der Waals surface area contributed by atoms with Crippen LogP contribution in [-0.2, 0) is 11.3 Å². The van der Waals surface area contributed by atoms with Crippen LogP contribution in [0.1, 0.15) is 11.1 Å². The van der Waals surface area contributed by atoms with E-state index in [1.807, 2.05) is 42.5 Å². The Balaban J connectivity index is 1.48. The maximum absolute atomic E-state index is 13.0. The van der Waals surface area contributed by atoms with Gasteiger partial charge in [0.25, 0.3) is 16.8 Å². The van der Waals surface area contributed by atoms with Crippen LogP contribution < -0.4 is 9.47 Å². The van der Waals surface area contributed by atoms with E-state index in [0.29, 0.717) is 5.75 Å². The molecule has 2 aliphatic heterocycles. The fourth-order valence-electron chi connectivity index (χ4n) is 3.60. The number of benzene rings is 3. The van der Waals surface area contributed by atoms with Gasteiger partial charge in [0, 0.05) is 0 Å². The molecule has 0 radical (unpaired) electrons. The summed E-state index contributed by atoms with van der Waals surface area (Å²) in [6.45, 7) is 0.0874. The van der Waals surface area contributed by atoms with Gasteiger partial charge in [-0.15, -0.1) is 0 Å². The van der Waals surface area contributed by atoms with Crippen LogP contribution in [0.15, 0.2) is 59.5 Å². The van der Waals surface area contributed by atoms with Crippen molar-refractivity contribution >= 4 is 45.4 Å². The monoisotopic (exact) mass is 434 g/mol. The van der Waals surface area contributed by atoms with Gasteiger partial charge in [-0.05, 0) is 40.2 Å². The Labute approximate surface area is 180 Å². The molecule has 0 aliphatic carbocycles. The Hall–Kier alpha value is -3.85. The van der Waals surface area contributed by atoms with Gasteiger partial charge < -0.3 is 9.47 Å². The molecule has 0 N–H and O–H groups in total. The van der Waals surface area contributed by atoms with Crippen LogP contribution in [0.4, 0.5) is 10.5 Å². The molecule has 3 aromatic carbocycles. The number of carbonyl (C=O) groups excluding carboxylic acids is 2. The van der Waals surface area contributed by atoms with Crippen LogP contribution in [-0.4, -0.2) is 27.8 Å². The highest BCUT2D eigenvalue weighted by Gasteiger charge is 2.36. The molecule has 0 unspecified atom stereocenters. The van der Waals surface area contributed by atoms with Crippen molar-refractivity contribution < 1.29 is 24.0 Å². The van der Waals surface area contributed by atoms with Crippen molar-refractivity contribution in [1.82, 2.24) is 4.90 Å². The maximum atomic E-state index is 13.0. The molecule has 2 amide bonds. The van der Waals surface area contributed by atoms with Gasteiger partial charge in [0.2, 0.25) is 6.79 Å². The average Bonchev–Trinajstić information content (AvgIpc) is 3.32. The number of hydrogen-bond donors (Lipinski definition) is 0. The lowest BCUT2D eigenvalue weighted by molar-refractivity contribution is -0.385. The highest BCUT2D eigenvalue weighted by atomic mass is 32.2. The summed E-state index contributed by atoms with van der Waals surface area (Å²) in [5, 5.41) is 13.0. The maximum Gasteiger partial charge on any atom is 0.293 e. The van der Waals surface area contributed by atoms with E-state index < -0.39 is 16.1 Å². The van der Waals surface area contributed by atoms with Crippen molar-refractivity contribution in [3.8, 4) is 11.5 Å². The SMILES string of the molecule is O=C1S/C(=C\c2cc3c(cc2[N+](=O)[O-])OCO3)C(=O)N1Cc1cccc2ccccc12. The smallest absolute Gasteiger partial charge is 0.293 e. The molecule has 0 spiro atoms. The van der Waals surface area contributed by atoms with Gasteiger partial charge in [-0.2, -0.15) is 0 Å². The second-order valence-electron chi connectivity index (χ2n) is 6.93. The third kappa shape index (κ3) is 3.38. The summed E-state index contributed by atoms with van der Waals surface area (Å²) in [6.07, 6.45) is 1.36. The van der Waals surface area contributed by atoms with E-state index in [4.69, 9.17) is 9.47 Å². The lowest BCUT2D eigenvalue weighted by atomic mass is 10.0. The fraction of sp³-hybridized carbons (Fsp3) is 0.0909. The third-order valence-electron chi connectivity index (χ3n) is 5.09. The van der Waals surface area contributed by atoms with Crippen molar-refractivity contribution in [3.63, 3.8) is 0 Å². The first-order valence-corrected chi connectivity index (χ1v) is 10.1. The lowest BCUT2D eigenvalue weighted by Gasteiger charge is -2.14. The highest BCUT2D eigenvalue weighted by molar-refractivity contribution is 8.18. The lowest BCUT2D eigenvalue weighted by Crippen LogP contribution is -2.27. The van der Waals surface area contributed by atoms with E-state index in [1.165, 1.54) is 18.2 Å². The Morgan fingerprint density at radius 1 is 1.06 bits per heavy atom. The number of nitro groups is 1. The molecule has 0 aromatic heterocycles. The minimum Gasteiger partial charge on any atom is -0.454 e. The predicted molar refractivity (Wildman–Crippen MR) is 115 cm³/mol. The summed E-state index contributed by atoms with van der Waals surface area (Å²) in [5.74, 6) is 0.134. The van der Waals surface area contributed by atoms with Crippen LogP contribution >= 0.6 is 11.8 Å². The number of nitrogens with zero attached hydrogens (tertiary/aromatic N) is 2.